The van der Waals surface area contributed by atoms with Gasteiger partial charge >= 0.3 is 12.0 Å². The fourth-order valence-electron chi connectivity index (χ4n) is 4.99. The number of carbonyl (C=O) groups is 6. The van der Waals surface area contributed by atoms with Crippen LogP contribution < -0.4 is 21.3 Å². The van der Waals surface area contributed by atoms with E-state index in [0.717, 1.165) is 12.8 Å². The molecule has 4 N–H and O–H groups in total. The van der Waals surface area contributed by atoms with Crippen molar-refractivity contribution in [2.45, 2.75) is 118 Å². The van der Waals surface area contributed by atoms with Gasteiger partial charge in [-0.05, 0) is 64.2 Å². The molecule has 1 aliphatic carbocycles. The molecule has 0 aromatic heterocycles. The lowest BCUT2D eigenvalue weighted by molar-refractivity contribution is -0.153. The molecular formula is C30H51N5O7. The summed E-state index contributed by atoms with van der Waals surface area (Å²) in [5, 5.41) is 10.5. The van der Waals surface area contributed by atoms with Crippen LogP contribution in [0.4, 0.5) is 4.79 Å². The Morgan fingerprint density at radius 2 is 1.50 bits per heavy atom. The molecule has 1 saturated heterocycles. The quantitative estimate of drug-likeness (QED) is 0.210. The van der Waals surface area contributed by atoms with Crippen molar-refractivity contribution < 1.29 is 33.5 Å². The van der Waals surface area contributed by atoms with Crippen molar-refractivity contribution in [3.8, 4) is 0 Å². The maximum Gasteiger partial charge on any atom is 0.325 e. The first kappa shape index (κ1) is 35.0. The number of hydrogen-bond donors (Lipinski definition) is 4. The van der Waals surface area contributed by atoms with Gasteiger partial charge < -0.3 is 30.9 Å². The monoisotopic (exact) mass is 593 g/mol. The third-order valence-electron chi connectivity index (χ3n) is 7.51. The highest BCUT2D eigenvalue weighted by atomic mass is 16.6. The Morgan fingerprint density at radius 1 is 0.905 bits per heavy atom. The van der Waals surface area contributed by atoms with E-state index in [-0.39, 0.29) is 36.9 Å². The molecule has 0 bridgehead atoms. The van der Waals surface area contributed by atoms with Crippen LogP contribution in [0.15, 0.2) is 0 Å². The number of ketones is 1. The largest absolute Gasteiger partial charge is 0.459 e. The number of nitrogens with one attached hydrogen (secondary N) is 4. The van der Waals surface area contributed by atoms with Crippen molar-refractivity contribution in [3.05, 3.63) is 0 Å². The molecule has 0 radical (unpaired) electrons. The number of hydrogen-bond acceptors (Lipinski definition) is 7. The lowest BCUT2D eigenvalue weighted by Crippen LogP contribution is -2.61. The molecule has 12 nitrogen and oxygen atoms in total. The third kappa shape index (κ3) is 10.3. The molecule has 42 heavy (non-hydrogen) atoms. The zero-order chi connectivity index (χ0) is 32.2. The van der Waals surface area contributed by atoms with Crippen LogP contribution in [0.2, 0.25) is 0 Å². The molecule has 0 aromatic carbocycles. The summed E-state index contributed by atoms with van der Waals surface area (Å²) >= 11 is 0. The summed E-state index contributed by atoms with van der Waals surface area (Å²) in [6, 6.07) is -3.86. The molecule has 2 rings (SSSR count). The van der Waals surface area contributed by atoms with Gasteiger partial charge in [0.15, 0.2) is 0 Å². The average Bonchev–Trinajstić information content (AvgIpc) is 3.60. The number of carbonyl (C=O) groups excluding carboxylic acids is 6. The maximum atomic E-state index is 14.0. The Hall–Kier alpha value is -3.18. The first-order chi connectivity index (χ1) is 19.2. The van der Waals surface area contributed by atoms with Gasteiger partial charge in [0.2, 0.25) is 17.6 Å². The molecule has 1 saturated carbocycles. The lowest BCUT2D eigenvalue weighted by Gasteiger charge is -2.36. The fraction of sp³-hybridized carbons (Fsp3) is 0.800. The van der Waals surface area contributed by atoms with E-state index < -0.39 is 64.6 Å². The minimum Gasteiger partial charge on any atom is -0.459 e. The Balaban J connectivity index is 2.21. The number of ether oxygens (including phenoxy) is 1. The van der Waals surface area contributed by atoms with Crippen LogP contribution in [-0.2, 0) is 28.7 Å². The Bertz CT molecular complexity index is 1040. The van der Waals surface area contributed by atoms with E-state index in [1.54, 1.807) is 55.4 Å². The second kappa shape index (κ2) is 13.9. The van der Waals surface area contributed by atoms with Crippen LogP contribution >= 0.6 is 0 Å². The molecule has 1 aliphatic heterocycles. The number of nitrogens with zero attached hydrogens (tertiary/aromatic N) is 1. The van der Waals surface area contributed by atoms with Crippen LogP contribution in [0.25, 0.3) is 0 Å². The number of Topliss-reactive ketones (excluding diaryl/α,β-unsaturated/α-hetero) is 1. The first-order valence-corrected chi connectivity index (χ1v) is 14.9. The van der Waals surface area contributed by atoms with Crippen LogP contribution in [0, 0.1) is 23.2 Å². The fourth-order valence-corrected chi connectivity index (χ4v) is 4.99. The summed E-state index contributed by atoms with van der Waals surface area (Å²) in [7, 11) is 0. The molecule has 12 heteroatoms. The molecule has 0 spiro atoms. The number of rotatable bonds is 11. The summed E-state index contributed by atoms with van der Waals surface area (Å²) in [5.74, 6) is -3.02. The van der Waals surface area contributed by atoms with E-state index in [9.17, 15) is 28.8 Å². The van der Waals surface area contributed by atoms with Gasteiger partial charge in [0.1, 0.15) is 24.2 Å². The van der Waals surface area contributed by atoms with Gasteiger partial charge in [0.25, 0.3) is 5.91 Å². The second-order valence-corrected chi connectivity index (χ2v) is 14.2. The summed E-state index contributed by atoms with van der Waals surface area (Å²) in [5.41, 5.74) is -1.45. The van der Waals surface area contributed by atoms with Gasteiger partial charge in [0, 0.05) is 12.6 Å². The molecule has 5 atom stereocenters. The maximum absolute atomic E-state index is 14.0. The van der Waals surface area contributed by atoms with Crippen LogP contribution in [0.5, 0.6) is 0 Å². The highest BCUT2D eigenvalue weighted by Gasteiger charge is 2.48. The highest BCUT2D eigenvalue weighted by molar-refractivity contribution is 6.38. The molecule has 238 valence electrons. The Morgan fingerprint density at radius 3 is 2.00 bits per heavy atom. The Labute approximate surface area is 249 Å². The van der Waals surface area contributed by atoms with E-state index in [4.69, 9.17) is 4.74 Å². The van der Waals surface area contributed by atoms with Gasteiger partial charge in [-0.25, -0.2) is 4.79 Å². The molecule has 2 fully saturated rings. The van der Waals surface area contributed by atoms with Crippen molar-refractivity contribution in [1.82, 2.24) is 26.2 Å². The summed E-state index contributed by atoms with van der Waals surface area (Å²) < 4.78 is 5.21. The van der Waals surface area contributed by atoms with E-state index >= 15 is 0 Å². The number of esters is 1. The average molecular weight is 594 g/mol. The standard InChI is InChI=1S/C30H51N5O7/c1-16(2)32-26(39)23(37)20(13-19-11-12-19)33-25(38)22-18(4)17(3)15-35(22)27(40)24(29(5,6)7)34-28(41)31-14-21(36)42-30(8,9)10/h16-20,22,24H,11-15H2,1-10H3,(H,32,39)(H,33,38)(H2,31,34,41). The smallest absolute Gasteiger partial charge is 0.325 e. The van der Waals surface area contributed by atoms with E-state index in [1.807, 2.05) is 13.8 Å². The highest BCUT2D eigenvalue weighted by Crippen LogP contribution is 2.35. The lowest BCUT2D eigenvalue weighted by atomic mass is 9.85. The van der Waals surface area contributed by atoms with Crippen molar-refractivity contribution in [3.63, 3.8) is 0 Å². The van der Waals surface area contributed by atoms with Crippen molar-refractivity contribution in [2.24, 2.45) is 23.2 Å². The van der Waals surface area contributed by atoms with Gasteiger partial charge in [-0.2, -0.15) is 0 Å². The van der Waals surface area contributed by atoms with Gasteiger partial charge in [0.05, 0.1) is 6.04 Å². The van der Waals surface area contributed by atoms with E-state index in [2.05, 4.69) is 21.3 Å². The predicted molar refractivity (Wildman–Crippen MR) is 157 cm³/mol. The van der Waals surface area contributed by atoms with E-state index in [0.29, 0.717) is 6.42 Å². The summed E-state index contributed by atoms with van der Waals surface area (Å²) in [6.45, 7) is 17.7. The molecule has 5 unspecified atom stereocenters. The number of urea groups is 1. The molecule has 2 aliphatic rings. The minimum absolute atomic E-state index is 0.0341. The molecule has 5 amide bonds. The normalized spacial score (nSPS) is 22.2. The molecular weight excluding hydrogens is 542 g/mol. The van der Waals surface area contributed by atoms with Crippen LogP contribution in [0.1, 0.15) is 88.5 Å². The minimum atomic E-state index is -1.02. The van der Waals surface area contributed by atoms with Crippen LogP contribution in [-0.4, -0.2) is 83.3 Å². The van der Waals surface area contributed by atoms with Gasteiger partial charge in [-0.3, -0.25) is 24.0 Å². The van der Waals surface area contributed by atoms with E-state index in [1.165, 1.54) is 4.90 Å². The van der Waals surface area contributed by atoms with Gasteiger partial charge in [-0.15, -0.1) is 0 Å². The van der Waals surface area contributed by atoms with Crippen LogP contribution in [0.3, 0.4) is 0 Å². The van der Waals surface area contributed by atoms with Gasteiger partial charge in [-0.1, -0.05) is 47.5 Å². The SMILES string of the molecule is CC(C)NC(=O)C(=O)C(CC1CC1)NC(=O)C1C(C)C(C)CN1C(=O)C(NC(=O)NCC(=O)OC(C)(C)C)C(C)(C)C. The van der Waals surface area contributed by atoms with Crippen molar-refractivity contribution in [2.75, 3.05) is 13.1 Å². The van der Waals surface area contributed by atoms with Crippen molar-refractivity contribution in [1.29, 1.82) is 0 Å². The topological polar surface area (TPSA) is 163 Å². The first-order valence-electron chi connectivity index (χ1n) is 14.9. The Kier molecular flexibility index (Phi) is 11.6. The zero-order valence-electron chi connectivity index (χ0n) is 26.9. The molecule has 1 heterocycles. The number of amides is 5. The second-order valence-electron chi connectivity index (χ2n) is 14.2. The van der Waals surface area contributed by atoms with Crippen molar-refractivity contribution >= 4 is 35.5 Å². The molecule has 0 aromatic rings. The predicted octanol–water partition coefficient (Wildman–Crippen LogP) is 1.90. The number of likely N-dealkylation sites (tertiary alicyclic amines) is 1. The summed E-state index contributed by atoms with van der Waals surface area (Å²) in [6.07, 6.45) is 2.23. The zero-order valence-corrected chi connectivity index (χ0v) is 26.9. The summed E-state index contributed by atoms with van der Waals surface area (Å²) in [4.78, 5) is 79.5. The third-order valence-corrected chi connectivity index (χ3v) is 7.51.